The molecule has 0 N–H and O–H groups in total. The van der Waals surface area contributed by atoms with Crippen molar-refractivity contribution in [3.63, 3.8) is 0 Å². The van der Waals surface area contributed by atoms with Crippen LogP contribution in [0.25, 0.3) is 11.7 Å². The molecule has 2 saturated heterocycles. The van der Waals surface area contributed by atoms with Gasteiger partial charge in [-0.3, -0.25) is 18.9 Å². The molecule has 168 valence electrons. The third kappa shape index (κ3) is 4.44. The average molecular weight is 479 g/mol. The zero-order valence-corrected chi connectivity index (χ0v) is 19.5. The van der Waals surface area contributed by atoms with E-state index in [1.54, 1.807) is 29.3 Å². The van der Waals surface area contributed by atoms with Crippen molar-refractivity contribution in [3.05, 3.63) is 81.1 Å². The van der Waals surface area contributed by atoms with E-state index in [2.05, 4.69) is 0 Å². The Kier molecular flexibility index (Phi) is 6.26. The van der Waals surface area contributed by atoms with Crippen LogP contribution in [0.4, 0.5) is 5.82 Å². The second-order valence-electron chi connectivity index (χ2n) is 7.75. The fourth-order valence-electron chi connectivity index (χ4n) is 3.94. The highest BCUT2D eigenvalue weighted by Crippen LogP contribution is 2.33. The van der Waals surface area contributed by atoms with Crippen LogP contribution >= 0.6 is 24.0 Å². The average Bonchev–Trinajstić information content (AvgIpc) is 3.12. The smallest absolute Gasteiger partial charge is 0.267 e. The van der Waals surface area contributed by atoms with Crippen molar-refractivity contribution < 1.29 is 9.53 Å². The first kappa shape index (κ1) is 21.8. The number of pyridine rings is 1. The summed E-state index contributed by atoms with van der Waals surface area (Å²) in [7, 11) is 0. The summed E-state index contributed by atoms with van der Waals surface area (Å²) in [5.41, 5.74) is 1.89. The van der Waals surface area contributed by atoms with Crippen LogP contribution in [0.15, 0.2) is 64.4 Å². The Balaban J connectivity index is 1.50. The first-order chi connectivity index (χ1) is 16.1. The summed E-state index contributed by atoms with van der Waals surface area (Å²) in [6.07, 6.45) is 4.05. The molecule has 1 aromatic carbocycles. The maximum Gasteiger partial charge on any atom is 0.267 e. The minimum Gasteiger partial charge on any atom is -0.378 e. The molecule has 0 atom stereocenters. The standard InChI is InChI=1S/C24H22N4O3S2/c29-22-18(21(26-12-14-31-15-13-26)25-20-8-4-5-10-27(20)22)16-19-23(30)28(24(32)33-19)11-9-17-6-2-1-3-7-17/h1-8,10,16H,9,11-15H2. The van der Waals surface area contributed by atoms with Gasteiger partial charge in [0.2, 0.25) is 0 Å². The summed E-state index contributed by atoms with van der Waals surface area (Å²) in [6.45, 7) is 2.90. The Labute approximate surface area is 200 Å². The highest BCUT2D eigenvalue weighted by atomic mass is 32.2. The van der Waals surface area contributed by atoms with Gasteiger partial charge in [0.25, 0.3) is 11.5 Å². The normalized spacial score (nSPS) is 18.0. The quantitative estimate of drug-likeness (QED) is 0.413. The number of morpholine rings is 1. The SMILES string of the molecule is O=C1C(=Cc2c(N3CCOCC3)nc3ccccn3c2=O)SC(=S)N1CCc1ccccc1. The number of anilines is 1. The molecule has 2 aromatic heterocycles. The summed E-state index contributed by atoms with van der Waals surface area (Å²) in [6, 6.07) is 15.4. The lowest BCUT2D eigenvalue weighted by Gasteiger charge is -2.29. The van der Waals surface area contributed by atoms with Crippen molar-refractivity contribution in [1.82, 2.24) is 14.3 Å². The number of hydrogen-bond donors (Lipinski definition) is 0. The van der Waals surface area contributed by atoms with E-state index in [1.807, 2.05) is 41.3 Å². The Bertz CT molecular complexity index is 1300. The fraction of sp³-hybridized carbons (Fsp3) is 0.250. The molecule has 0 spiro atoms. The van der Waals surface area contributed by atoms with E-state index in [4.69, 9.17) is 21.9 Å². The van der Waals surface area contributed by atoms with Gasteiger partial charge in [0.05, 0.1) is 23.7 Å². The molecule has 4 heterocycles. The second-order valence-corrected chi connectivity index (χ2v) is 9.43. The molecule has 3 aromatic rings. The summed E-state index contributed by atoms with van der Waals surface area (Å²) < 4.78 is 7.48. The zero-order valence-electron chi connectivity index (χ0n) is 17.8. The largest absolute Gasteiger partial charge is 0.378 e. The number of nitrogens with zero attached hydrogens (tertiary/aromatic N) is 4. The molecular weight excluding hydrogens is 456 g/mol. The summed E-state index contributed by atoms with van der Waals surface area (Å²) in [5, 5.41) is 0. The van der Waals surface area contributed by atoms with E-state index in [0.717, 1.165) is 5.56 Å². The lowest BCUT2D eigenvalue weighted by molar-refractivity contribution is -0.122. The third-order valence-corrected chi connectivity index (χ3v) is 7.05. The number of rotatable bonds is 5. The number of ether oxygens (including phenoxy) is 1. The van der Waals surface area contributed by atoms with Gasteiger partial charge in [-0.15, -0.1) is 0 Å². The molecule has 9 heteroatoms. The highest BCUT2D eigenvalue weighted by molar-refractivity contribution is 8.26. The van der Waals surface area contributed by atoms with Crippen molar-refractivity contribution in [2.45, 2.75) is 6.42 Å². The van der Waals surface area contributed by atoms with Gasteiger partial charge in [0, 0.05) is 25.8 Å². The molecule has 0 bridgehead atoms. The number of carbonyl (C=O) groups excluding carboxylic acids is 1. The molecule has 0 unspecified atom stereocenters. The van der Waals surface area contributed by atoms with Crippen LogP contribution in [0.5, 0.6) is 0 Å². The van der Waals surface area contributed by atoms with E-state index in [0.29, 0.717) is 65.5 Å². The molecule has 33 heavy (non-hydrogen) atoms. The number of fused-ring (bicyclic) bond motifs is 1. The molecule has 1 amide bonds. The Morgan fingerprint density at radius 3 is 2.61 bits per heavy atom. The van der Waals surface area contributed by atoms with Crippen molar-refractivity contribution in [3.8, 4) is 0 Å². The Hall–Kier alpha value is -3.01. The number of amides is 1. The van der Waals surface area contributed by atoms with Gasteiger partial charge in [-0.25, -0.2) is 4.98 Å². The van der Waals surface area contributed by atoms with Gasteiger partial charge in [-0.1, -0.05) is 60.4 Å². The van der Waals surface area contributed by atoms with E-state index >= 15 is 0 Å². The summed E-state index contributed by atoms with van der Waals surface area (Å²) in [4.78, 5) is 35.5. The summed E-state index contributed by atoms with van der Waals surface area (Å²) >= 11 is 6.73. The maximum atomic E-state index is 13.4. The Morgan fingerprint density at radius 2 is 1.82 bits per heavy atom. The second kappa shape index (κ2) is 9.46. The van der Waals surface area contributed by atoms with Crippen LogP contribution in [-0.2, 0) is 16.0 Å². The number of hydrogen-bond acceptors (Lipinski definition) is 7. The molecule has 2 aliphatic rings. The number of aromatic nitrogens is 2. The van der Waals surface area contributed by atoms with E-state index in [9.17, 15) is 9.59 Å². The van der Waals surface area contributed by atoms with Crippen LogP contribution < -0.4 is 10.5 Å². The van der Waals surface area contributed by atoms with Crippen molar-refractivity contribution in [2.24, 2.45) is 0 Å². The molecule has 2 aliphatic heterocycles. The van der Waals surface area contributed by atoms with Gasteiger partial charge >= 0.3 is 0 Å². The van der Waals surface area contributed by atoms with Crippen molar-refractivity contribution in [1.29, 1.82) is 0 Å². The molecule has 2 fully saturated rings. The van der Waals surface area contributed by atoms with Crippen LogP contribution in [0.2, 0.25) is 0 Å². The summed E-state index contributed by atoms with van der Waals surface area (Å²) in [5.74, 6) is 0.399. The molecule has 0 aliphatic carbocycles. The molecular formula is C24H22N4O3S2. The molecule has 0 saturated carbocycles. The molecule has 5 rings (SSSR count). The number of benzene rings is 1. The maximum absolute atomic E-state index is 13.4. The zero-order chi connectivity index (χ0) is 22.8. The predicted molar refractivity (Wildman–Crippen MR) is 135 cm³/mol. The van der Waals surface area contributed by atoms with Gasteiger partial charge in [0.1, 0.15) is 15.8 Å². The van der Waals surface area contributed by atoms with E-state index in [-0.39, 0.29) is 11.5 Å². The first-order valence-electron chi connectivity index (χ1n) is 10.8. The van der Waals surface area contributed by atoms with E-state index in [1.165, 1.54) is 16.2 Å². The van der Waals surface area contributed by atoms with Gasteiger partial charge < -0.3 is 9.64 Å². The minimum atomic E-state index is -0.211. The molecule has 0 radical (unpaired) electrons. The number of carbonyl (C=O) groups is 1. The Morgan fingerprint density at radius 1 is 1.06 bits per heavy atom. The lowest BCUT2D eigenvalue weighted by Crippen LogP contribution is -2.38. The van der Waals surface area contributed by atoms with Crippen LogP contribution in [0.1, 0.15) is 11.1 Å². The number of thioether (sulfide) groups is 1. The highest BCUT2D eigenvalue weighted by Gasteiger charge is 2.32. The van der Waals surface area contributed by atoms with Crippen molar-refractivity contribution in [2.75, 3.05) is 37.7 Å². The number of thiocarbonyl (C=S) groups is 1. The molecule has 7 nitrogen and oxygen atoms in total. The van der Waals surface area contributed by atoms with Crippen LogP contribution in [0, 0.1) is 0 Å². The van der Waals surface area contributed by atoms with Gasteiger partial charge in [-0.2, -0.15) is 0 Å². The van der Waals surface area contributed by atoms with Crippen LogP contribution in [-0.4, -0.2) is 57.4 Å². The minimum absolute atomic E-state index is 0.175. The third-order valence-electron chi connectivity index (χ3n) is 5.68. The predicted octanol–water partition coefficient (Wildman–Crippen LogP) is 2.98. The monoisotopic (exact) mass is 478 g/mol. The topological polar surface area (TPSA) is 67.2 Å². The first-order valence-corrected chi connectivity index (χ1v) is 12.0. The van der Waals surface area contributed by atoms with Gasteiger partial charge in [-0.05, 0) is 30.2 Å². The lowest BCUT2D eigenvalue weighted by atomic mass is 10.1. The van der Waals surface area contributed by atoms with Crippen LogP contribution in [0.3, 0.4) is 0 Å². The van der Waals surface area contributed by atoms with Gasteiger partial charge in [0.15, 0.2) is 0 Å². The fourth-order valence-corrected chi connectivity index (χ4v) is 5.23. The van der Waals surface area contributed by atoms with Crippen molar-refractivity contribution >= 4 is 51.7 Å². The van der Waals surface area contributed by atoms with E-state index < -0.39 is 0 Å².